The van der Waals surface area contributed by atoms with E-state index in [4.69, 9.17) is 4.74 Å². The van der Waals surface area contributed by atoms with Gasteiger partial charge in [-0.2, -0.15) is 0 Å². The lowest BCUT2D eigenvalue weighted by molar-refractivity contribution is -0.162. The third-order valence-electron chi connectivity index (χ3n) is 5.27. The molecule has 2 fully saturated rings. The summed E-state index contributed by atoms with van der Waals surface area (Å²) in [7, 11) is 0. The summed E-state index contributed by atoms with van der Waals surface area (Å²) in [6, 6.07) is 0. The van der Waals surface area contributed by atoms with E-state index < -0.39 is 0 Å². The Bertz CT molecular complexity index is 353. The summed E-state index contributed by atoms with van der Waals surface area (Å²) in [5.74, 6) is 3.28. The highest BCUT2D eigenvalue weighted by molar-refractivity contribution is 5.74. The molecule has 0 aromatic carbocycles. The van der Waals surface area contributed by atoms with Crippen LogP contribution in [-0.2, 0) is 9.53 Å². The molecule has 0 aromatic heterocycles. The van der Waals surface area contributed by atoms with Crippen molar-refractivity contribution in [2.45, 2.75) is 85.2 Å². The van der Waals surface area contributed by atoms with Crippen LogP contribution in [0.5, 0.6) is 0 Å². The van der Waals surface area contributed by atoms with E-state index >= 15 is 0 Å². The van der Waals surface area contributed by atoms with E-state index in [1.807, 2.05) is 20.8 Å². The highest BCUT2D eigenvalue weighted by Gasteiger charge is 2.49. The van der Waals surface area contributed by atoms with Crippen LogP contribution in [-0.4, -0.2) is 11.6 Å². The summed E-state index contributed by atoms with van der Waals surface area (Å²) in [6.45, 7) is 10.5. The predicted octanol–water partition coefficient (Wildman–Crippen LogP) is 5.21. The molecule has 0 radical (unpaired) electrons. The lowest BCUT2D eigenvalue weighted by atomic mass is 9.78. The van der Waals surface area contributed by atoms with Gasteiger partial charge in [-0.1, -0.05) is 39.5 Å². The maximum Gasteiger partial charge on any atom is 0.309 e. The molecular formula is C19H34O2. The second-order valence-corrected chi connectivity index (χ2v) is 8.82. The number of unbranched alkanes of at least 4 members (excludes halogenated alkanes) is 1. The molecule has 4 atom stereocenters. The van der Waals surface area contributed by atoms with Gasteiger partial charge in [-0.15, -0.1) is 0 Å². The minimum absolute atomic E-state index is 0.0712. The van der Waals surface area contributed by atoms with Crippen molar-refractivity contribution in [3.8, 4) is 0 Å². The standard InChI is InChI=1S/C19H34O2/c1-13(2)8-6-7-9-15-10-14-11-16(15)17(12-14)18(20)21-19(3,4)5/h13-17H,6-12H2,1-5H3. The smallest absolute Gasteiger partial charge is 0.309 e. The Morgan fingerprint density at radius 1 is 1.14 bits per heavy atom. The van der Waals surface area contributed by atoms with E-state index in [0.717, 1.165) is 24.2 Å². The number of carbonyl (C=O) groups is 1. The number of ether oxygens (including phenoxy) is 1. The largest absolute Gasteiger partial charge is 0.460 e. The van der Waals surface area contributed by atoms with Gasteiger partial charge in [-0.3, -0.25) is 4.79 Å². The Morgan fingerprint density at radius 2 is 1.86 bits per heavy atom. The number of carbonyl (C=O) groups excluding carboxylic acids is 1. The normalized spacial score (nSPS) is 31.9. The fourth-order valence-electron chi connectivity index (χ4n) is 4.44. The molecule has 0 aromatic rings. The zero-order valence-corrected chi connectivity index (χ0v) is 14.7. The van der Waals surface area contributed by atoms with Crippen LogP contribution >= 0.6 is 0 Å². The zero-order valence-electron chi connectivity index (χ0n) is 14.7. The van der Waals surface area contributed by atoms with Crippen molar-refractivity contribution < 1.29 is 9.53 Å². The van der Waals surface area contributed by atoms with E-state index in [0.29, 0.717) is 5.92 Å². The van der Waals surface area contributed by atoms with Gasteiger partial charge >= 0.3 is 5.97 Å². The Hall–Kier alpha value is -0.530. The average Bonchev–Trinajstić information content (AvgIpc) is 2.91. The van der Waals surface area contributed by atoms with Crippen molar-refractivity contribution >= 4 is 5.97 Å². The first kappa shape index (κ1) is 16.8. The molecule has 0 amide bonds. The Balaban J connectivity index is 1.80. The fraction of sp³-hybridized carbons (Fsp3) is 0.947. The number of hydrogen-bond donors (Lipinski definition) is 0. The molecule has 2 rings (SSSR count). The maximum absolute atomic E-state index is 12.4. The van der Waals surface area contributed by atoms with Gasteiger partial charge in [0.15, 0.2) is 0 Å². The summed E-state index contributed by atoms with van der Waals surface area (Å²) in [6.07, 6.45) is 9.09. The fourth-order valence-corrected chi connectivity index (χ4v) is 4.44. The molecule has 0 aliphatic heterocycles. The SMILES string of the molecule is CC(C)CCCCC1CC2CC(C(=O)OC(C)(C)C)C1C2. The van der Waals surface area contributed by atoms with Crippen LogP contribution < -0.4 is 0 Å². The predicted molar refractivity (Wildman–Crippen MR) is 87.0 cm³/mol. The Morgan fingerprint density at radius 3 is 2.43 bits per heavy atom. The van der Waals surface area contributed by atoms with E-state index in [-0.39, 0.29) is 17.5 Å². The van der Waals surface area contributed by atoms with Crippen LogP contribution in [0.2, 0.25) is 0 Å². The molecule has 2 aliphatic rings. The van der Waals surface area contributed by atoms with Gasteiger partial charge < -0.3 is 4.74 Å². The summed E-state index contributed by atoms with van der Waals surface area (Å²) in [5, 5.41) is 0. The molecule has 0 N–H and O–H groups in total. The molecule has 2 heteroatoms. The Kier molecular flexibility index (Phi) is 5.38. The quantitative estimate of drug-likeness (QED) is 0.496. The van der Waals surface area contributed by atoms with Gasteiger partial charge in [0.2, 0.25) is 0 Å². The third-order valence-corrected chi connectivity index (χ3v) is 5.27. The van der Waals surface area contributed by atoms with Crippen molar-refractivity contribution in [2.75, 3.05) is 0 Å². The van der Waals surface area contributed by atoms with Crippen LogP contribution in [0, 0.1) is 29.6 Å². The summed E-state index contributed by atoms with van der Waals surface area (Å²) in [4.78, 5) is 12.4. The van der Waals surface area contributed by atoms with Gasteiger partial charge in [0.1, 0.15) is 5.60 Å². The number of fused-ring (bicyclic) bond motifs is 2. The highest BCUT2D eigenvalue weighted by Crippen LogP contribution is 2.53. The maximum atomic E-state index is 12.4. The third kappa shape index (κ3) is 4.72. The first-order valence-corrected chi connectivity index (χ1v) is 8.99. The molecule has 2 nitrogen and oxygen atoms in total. The molecular weight excluding hydrogens is 260 g/mol. The summed E-state index contributed by atoms with van der Waals surface area (Å²) >= 11 is 0. The first-order chi connectivity index (χ1) is 9.76. The second kappa shape index (κ2) is 6.71. The molecule has 0 spiro atoms. The minimum atomic E-state index is -0.342. The van der Waals surface area contributed by atoms with Gasteiger partial charge in [0, 0.05) is 0 Å². The lowest BCUT2D eigenvalue weighted by Gasteiger charge is -2.30. The topological polar surface area (TPSA) is 26.3 Å². The average molecular weight is 294 g/mol. The van der Waals surface area contributed by atoms with E-state index in [9.17, 15) is 4.79 Å². The van der Waals surface area contributed by atoms with E-state index in [1.165, 1.54) is 38.5 Å². The molecule has 21 heavy (non-hydrogen) atoms. The lowest BCUT2D eigenvalue weighted by Crippen LogP contribution is -2.33. The van der Waals surface area contributed by atoms with Crippen molar-refractivity contribution in [2.24, 2.45) is 29.6 Å². The summed E-state index contributed by atoms with van der Waals surface area (Å²) in [5.41, 5.74) is -0.342. The molecule has 0 heterocycles. The van der Waals surface area contributed by atoms with Crippen LogP contribution in [0.4, 0.5) is 0 Å². The number of rotatable bonds is 6. The van der Waals surface area contributed by atoms with Gasteiger partial charge in [0.05, 0.1) is 5.92 Å². The minimum Gasteiger partial charge on any atom is -0.460 e. The second-order valence-electron chi connectivity index (χ2n) is 8.82. The van der Waals surface area contributed by atoms with Crippen molar-refractivity contribution in [1.82, 2.24) is 0 Å². The van der Waals surface area contributed by atoms with Crippen molar-refractivity contribution in [3.63, 3.8) is 0 Å². The molecule has 122 valence electrons. The Labute approximate surface area is 131 Å². The van der Waals surface area contributed by atoms with Gasteiger partial charge in [0.25, 0.3) is 0 Å². The van der Waals surface area contributed by atoms with Gasteiger partial charge in [-0.05, 0) is 63.7 Å². The van der Waals surface area contributed by atoms with E-state index in [1.54, 1.807) is 0 Å². The zero-order chi connectivity index (χ0) is 15.6. The molecule has 0 saturated heterocycles. The van der Waals surface area contributed by atoms with Crippen LogP contribution in [0.1, 0.15) is 79.6 Å². The van der Waals surface area contributed by atoms with Crippen molar-refractivity contribution in [1.29, 1.82) is 0 Å². The van der Waals surface area contributed by atoms with Gasteiger partial charge in [-0.25, -0.2) is 0 Å². The number of hydrogen-bond acceptors (Lipinski definition) is 2. The monoisotopic (exact) mass is 294 g/mol. The number of esters is 1. The molecule has 4 unspecified atom stereocenters. The van der Waals surface area contributed by atoms with Crippen LogP contribution in [0.3, 0.4) is 0 Å². The molecule has 2 saturated carbocycles. The molecule has 2 bridgehead atoms. The highest BCUT2D eigenvalue weighted by atomic mass is 16.6. The van der Waals surface area contributed by atoms with Crippen LogP contribution in [0.25, 0.3) is 0 Å². The van der Waals surface area contributed by atoms with Crippen molar-refractivity contribution in [3.05, 3.63) is 0 Å². The van der Waals surface area contributed by atoms with E-state index in [2.05, 4.69) is 13.8 Å². The molecule has 2 aliphatic carbocycles. The van der Waals surface area contributed by atoms with Crippen LogP contribution in [0.15, 0.2) is 0 Å². The summed E-state index contributed by atoms with van der Waals surface area (Å²) < 4.78 is 5.64. The first-order valence-electron chi connectivity index (χ1n) is 8.99.